The maximum absolute atomic E-state index is 11.9. The van der Waals surface area contributed by atoms with Crippen molar-refractivity contribution in [2.75, 3.05) is 19.3 Å². The van der Waals surface area contributed by atoms with E-state index in [1.807, 2.05) is 20.8 Å². The molecule has 0 saturated heterocycles. The average Bonchev–Trinajstić information content (AvgIpc) is 2.33. The van der Waals surface area contributed by atoms with Crippen molar-refractivity contribution in [1.29, 1.82) is 0 Å². The van der Waals surface area contributed by atoms with Gasteiger partial charge in [-0.05, 0) is 46.5 Å². The van der Waals surface area contributed by atoms with E-state index in [1.165, 1.54) is 6.42 Å². The Morgan fingerprint density at radius 3 is 2.19 bits per heavy atom. The van der Waals surface area contributed by atoms with Gasteiger partial charge in [0.15, 0.2) is 5.96 Å². The maximum atomic E-state index is 11.9. The van der Waals surface area contributed by atoms with Crippen LogP contribution in [0.2, 0.25) is 0 Å². The Morgan fingerprint density at radius 1 is 1.19 bits per heavy atom. The maximum Gasteiger partial charge on any atom is 0.191 e. The fraction of sp³-hybridized carbons (Fsp3) is 0.933. The summed E-state index contributed by atoms with van der Waals surface area (Å²) in [5, 5.41) is 6.61. The van der Waals surface area contributed by atoms with Crippen LogP contribution in [0, 0.1) is 5.92 Å². The van der Waals surface area contributed by atoms with Crippen molar-refractivity contribution in [2.24, 2.45) is 10.9 Å². The van der Waals surface area contributed by atoms with Gasteiger partial charge in [-0.15, -0.1) is 24.0 Å². The molecule has 0 radical (unpaired) electrons. The number of aliphatic imine (C=N–C) groups is 1. The van der Waals surface area contributed by atoms with Gasteiger partial charge in [-0.3, -0.25) is 9.20 Å². The van der Waals surface area contributed by atoms with Crippen molar-refractivity contribution in [3.63, 3.8) is 0 Å². The van der Waals surface area contributed by atoms with Gasteiger partial charge in [-0.1, -0.05) is 13.8 Å². The molecule has 0 rings (SSSR count). The predicted octanol–water partition coefficient (Wildman–Crippen LogP) is 3.14. The summed E-state index contributed by atoms with van der Waals surface area (Å²) >= 11 is 0. The van der Waals surface area contributed by atoms with Gasteiger partial charge in [0.05, 0.1) is 0 Å². The molecule has 0 saturated carbocycles. The minimum absolute atomic E-state index is 0. The quantitative estimate of drug-likeness (QED) is 0.370. The second-order valence-electron chi connectivity index (χ2n) is 6.68. The molecule has 2 atom stereocenters. The highest BCUT2D eigenvalue weighted by atomic mass is 127. The van der Waals surface area contributed by atoms with Crippen molar-refractivity contribution in [1.82, 2.24) is 10.6 Å². The van der Waals surface area contributed by atoms with Gasteiger partial charge in [-0.2, -0.15) is 0 Å². The Balaban J connectivity index is 0. The van der Waals surface area contributed by atoms with E-state index in [2.05, 4.69) is 36.4 Å². The van der Waals surface area contributed by atoms with Crippen LogP contribution in [0.25, 0.3) is 0 Å². The van der Waals surface area contributed by atoms with Crippen molar-refractivity contribution in [3.8, 4) is 0 Å². The van der Waals surface area contributed by atoms with Gasteiger partial charge in [-0.25, -0.2) is 0 Å². The van der Waals surface area contributed by atoms with Crippen LogP contribution in [-0.4, -0.2) is 40.3 Å². The van der Waals surface area contributed by atoms with E-state index in [-0.39, 0.29) is 28.7 Å². The molecule has 0 aliphatic carbocycles. The van der Waals surface area contributed by atoms with E-state index in [0.29, 0.717) is 18.3 Å². The van der Waals surface area contributed by atoms with Crippen LogP contribution in [0.1, 0.15) is 54.4 Å². The molecule has 0 bridgehead atoms. The number of nitrogens with one attached hydrogen (secondary N) is 2. The highest BCUT2D eigenvalue weighted by Crippen LogP contribution is 2.10. The third-order valence-electron chi connectivity index (χ3n) is 3.05. The zero-order chi connectivity index (χ0) is 15.8. The van der Waals surface area contributed by atoms with Crippen LogP contribution < -0.4 is 10.6 Å². The minimum Gasteiger partial charge on any atom is -0.355 e. The molecular formula is C15H34IN3OS. The summed E-state index contributed by atoms with van der Waals surface area (Å²) in [5.74, 6) is 2.17. The number of nitrogens with zero attached hydrogens (tertiary/aromatic N) is 1. The van der Waals surface area contributed by atoms with Gasteiger partial charge in [0, 0.05) is 40.9 Å². The van der Waals surface area contributed by atoms with Crippen LogP contribution in [0.15, 0.2) is 4.99 Å². The predicted molar refractivity (Wildman–Crippen MR) is 106 cm³/mol. The molecule has 6 heteroatoms. The fourth-order valence-corrected chi connectivity index (χ4v) is 2.55. The van der Waals surface area contributed by atoms with Crippen LogP contribution in [-0.2, 0) is 10.8 Å². The zero-order valence-corrected chi connectivity index (χ0v) is 17.8. The summed E-state index contributed by atoms with van der Waals surface area (Å²) in [4.78, 5) is 4.21. The van der Waals surface area contributed by atoms with Crippen LogP contribution in [0.4, 0.5) is 0 Å². The Morgan fingerprint density at radius 2 is 1.76 bits per heavy atom. The molecule has 0 amide bonds. The van der Waals surface area contributed by atoms with E-state index in [4.69, 9.17) is 0 Å². The molecule has 0 aromatic heterocycles. The summed E-state index contributed by atoms with van der Waals surface area (Å²) in [6.07, 6.45) is 2.34. The number of rotatable bonds is 7. The monoisotopic (exact) mass is 431 g/mol. The minimum atomic E-state index is -0.823. The lowest BCUT2D eigenvalue weighted by molar-refractivity contribution is 0.489. The molecule has 4 nitrogen and oxygen atoms in total. The van der Waals surface area contributed by atoms with E-state index < -0.39 is 10.8 Å². The topological polar surface area (TPSA) is 53.5 Å². The lowest BCUT2D eigenvalue weighted by Gasteiger charge is -2.20. The Hall–Kier alpha value is 0.150. The average molecular weight is 431 g/mol. The van der Waals surface area contributed by atoms with Gasteiger partial charge >= 0.3 is 0 Å². The van der Waals surface area contributed by atoms with Crippen LogP contribution in [0.5, 0.6) is 0 Å². The molecule has 21 heavy (non-hydrogen) atoms. The van der Waals surface area contributed by atoms with E-state index in [1.54, 1.807) is 7.05 Å². The zero-order valence-electron chi connectivity index (χ0n) is 14.7. The third-order valence-corrected chi connectivity index (χ3v) is 4.99. The van der Waals surface area contributed by atoms with Crippen molar-refractivity contribution in [2.45, 2.75) is 65.2 Å². The summed E-state index contributed by atoms with van der Waals surface area (Å²) < 4.78 is 11.8. The lowest BCUT2D eigenvalue weighted by atomic mass is 10.0. The molecule has 0 heterocycles. The molecule has 0 aromatic carbocycles. The lowest BCUT2D eigenvalue weighted by Crippen LogP contribution is -2.44. The largest absolute Gasteiger partial charge is 0.355 e. The van der Waals surface area contributed by atoms with Crippen LogP contribution in [0.3, 0.4) is 0 Å². The van der Waals surface area contributed by atoms with E-state index in [9.17, 15) is 4.21 Å². The SMILES string of the molecule is CN=C(NCCS(=O)C(C)(C)C)NC(C)CCC(C)C.I. The molecule has 2 N–H and O–H groups in total. The Bertz CT molecular complexity index is 327. The first-order chi connectivity index (χ1) is 9.16. The molecule has 0 spiro atoms. The summed E-state index contributed by atoms with van der Waals surface area (Å²) in [6.45, 7) is 13.3. The highest BCUT2D eigenvalue weighted by Gasteiger charge is 2.18. The number of halogens is 1. The number of hydrogen-bond donors (Lipinski definition) is 2. The summed E-state index contributed by atoms with van der Waals surface area (Å²) in [7, 11) is 0.946. The molecule has 2 unspecified atom stereocenters. The second kappa shape index (κ2) is 11.7. The van der Waals surface area contributed by atoms with Gasteiger partial charge < -0.3 is 10.6 Å². The first-order valence-corrected chi connectivity index (χ1v) is 8.84. The molecule has 128 valence electrons. The molecule has 0 aromatic rings. The van der Waals surface area contributed by atoms with Gasteiger partial charge in [0.25, 0.3) is 0 Å². The number of guanidine groups is 1. The highest BCUT2D eigenvalue weighted by molar-refractivity contribution is 14.0. The summed E-state index contributed by atoms with van der Waals surface area (Å²) in [5.41, 5.74) is 0. The van der Waals surface area contributed by atoms with Crippen molar-refractivity contribution in [3.05, 3.63) is 0 Å². The third kappa shape index (κ3) is 12.4. The summed E-state index contributed by atoms with van der Waals surface area (Å²) in [6, 6.07) is 0.400. The molecule has 0 fully saturated rings. The van der Waals surface area contributed by atoms with E-state index in [0.717, 1.165) is 18.3 Å². The van der Waals surface area contributed by atoms with Crippen molar-refractivity contribution < 1.29 is 4.21 Å². The normalized spacial score (nSPS) is 15.3. The molecular weight excluding hydrogens is 397 g/mol. The first-order valence-electron chi connectivity index (χ1n) is 7.52. The van der Waals surface area contributed by atoms with Gasteiger partial charge in [0.1, 0.15) is 0 Å². The first kappa shape index (κ1) is 23.4. The Kier molecular flexibility index (Phi) is 13.0. The Labute approximate surface area is 150 Å². The van der Waals surface area contributed by atoms with E-state index >= 15 is 0 Å². The number of hydrogen-bond acceptors (Lipinski definition) is 2. The smallest absolute Gasteiger partial charge is 0.191 e. The molecule has 0 aliphatic rings. The van der Waals surface area contributed by atoms with Gasteiger partial charge in [0.2, 0.25) is 0 Å². The van der Waals surface area contributed by atoms with Crippen LogP contribution >= 0.6 is 24.0 Å². The van der Waals surface area contributed by atoms with Crippen molar-refractivity contribution >= 4 is 40.7 Å². The second-order valence-corrected chi connectivity index (χ2v) is 9.00. The standard InChI is InChI=1S/C15H33N3OS.HI/c1-12(2)8-9-13(3)18-14(16-7)17-10-11-20(19)15(4,5)6;/h12-13H,8-11H2,1-7H3,(H2,16,17,18);1H. The molecule has 0 aliphatic heterocycles. The fourth-order valence-electron chi connectivity index (χ4n) is 1.65.